The minimum Gasteiger partial charge on any atom is -0.383 e. The van der Waals surface area contributed by atoms with Gasteiger partial charge in [-0.15, -0.1) is 0 Å². The molecular formula is C19H25BrN4O3. The number of rotatable bonds is 7. The van der Waals surface area contributed by atoms with Crippen LogP contribution < -0.4 is 5.32 Å². The number of piperidine rings is 1. The summed E-state index contributed by atoms with van der Waals surface area (Å²) in [7, 11) is 1.64. The summed E-state index contributed by atoms with van der Waals surface area (Å²) in [4.78, 5) is 19.0. The lowest BCUT2D eigenvalue weighted by atomic mass is 9.95. The van der Waals surface area contributed by atoms with Crippen LogP contribution in [0, 0.1) is 5.92 Å². The maximum absolute atomic E-state index is 12.3. The zero-order valence-electron chi connectivity index (χ0n) is 15.7. The highest BCUT2D eigenvalue weighted by Crippen LogP contribution is 2.22. The highest BCUT2D eigenvalue weighted by molar-refractivity contribution is 9.10. The van der Waals surface area contributed by atoms with Gasteiger partial charge in [-0.25, -0.2) is 0 Å². The van der Waals surface area contributed by atoms with Gasteiger partial charge >= 0.3 is 0 Å². The quantitative estimate of drug-likeness (QED) is 0.718. The van der Waals surface area contributed by atoms with Crippen molar-refractivity contribution in [2.45, 2.75) is 32.4 Å². The Bertz CT molecular complexity index is 742. The van der Waals surface area contributed by atoms with Crippen molar-refractivity contribution >= 4 is 21.8 Å². The number of hydrogen-bond donors (Lipinski definition) is 1. The van der Waals surface area contributed by atoms with Crippen LogP contribution in [0.2, 0.25) is 0 Å². The summed E-state index contributed by atoms with van der Waals surface area (Å²) in [5.41, 5.74) is 0.925. The Labute approximate surface area is 167 Å². The summed E-state index contributed by atoms with van der Waals surface area (Å²) in [6.07, 6.45) is 1.67. The number of halogens is 1. The predicted octanol–water partition coefficient (Wildman–Crippen LogP) is 2.86. The number of benzene rings is 1. The normalized spacial score (nSPS) is 17.0. The number of aromatic nitrogens is 2. The van der Waals surface area contributed by atoms with Gasteiger partial charge in [0.15, 0.2) is 0 Å². The fraction of sp³-hybridized carbons (Fsp3) is 0.526. The summed E-state index contributed by atoms with van der Waals surface area (Å²) in [5, 5.41) is 7.08. The van der Waals surface area contributed by atoms with E-state index in [0.29, 0.717) is 24.9 Å². The predicted molar refractivity (Wildman–Crippen MR) is 105 cm³/mol. The molecule has 146 valence electrons. The molecule has 0 saturated carbocycles. The topological polar surface area (TPSA) is 80.5 Å². The average molecular weight is 437 g/mol. The fourth-order valence-electron chi connectivity index (χ4n) is 3.23. The molecule has 1 amide bonds. The largest absolute Gasteiger partial charge is 0.383 e. The van der Waals surface area contributed by atoms with E-state index < -0.39 is 0 Å². The zero-order chi connectivity index (χ0) is 19.2. The third kappa shape index (κ3) is 5.60. The summed E-state index contributed by atoms with van der Waals surface area (Å²) >= 11 is 3.42. The minimum atomic E-state index is 0.0379. The number of likely N-dealkylation sites (tertiary alicyclic amines) is 1. The van der Waals surface area contributed by atoms with Gasteiger partial charge in [-0.3, -0.25) is 9.69 Å². The van der Waals surface area contributed by atoms with Gasteiger partial charge in [-0.2, -0.15) is 4.98 Å². The molecule has 1 saturated heterocycles. The van der Waals surface area contributed by atoms with Crippen LogP contribution in [0.4, 0.5) is 0 Å². The molecule has 1 atom stereocenters. The van der Waals surface area contributed by atoms with E-state index in [0.717, 1.165) is 36.0 Å². The highest BCUT2D eigenvalue weighted by atomic mass is 79.9. The van der Waals surface area contributed by atoms with E-state index in [-0.39, 0.29) is 17.9 Å². The first-order chi connectivity index (χ1) is 13.0. The van der Waals surface area contributed by atoms with Crippen molar-refractivity contribution in [1.29, 1.82) is 0 Å². The molecule has 0 radical (unpaired) electrons. The van der Waals surface area contributed by atoms with E-state index >= 15 is 0 Å². The standard InChI is InChI=1S/C19H25BrN4O3/c1-13(12-26-2)21-19(25)15-7-9-24(10-8-15)11-17-22-18(23-27-17)14-3-5-16(20)6-4-14/h3-6,13,15H,7-12H2,1-2H3,(H,21,25). The van der Waals surface area contributed by atoms with Gasteiger partial charge in [-0.1, -0.05) is 21.1 Å². The van der Waals surface area contributed by atoms with Crippen molar-refractivity contribution < 1.29 is 14.1 Å². The van der Waals surface area contributed by atoms with Crippen LogP contribution in [0.5, 0.6) is 0 Å². The van der Waals surface area contributed by atoms with Crippen molar-refractivity contribution in [1.82, 2.24) is 20.4 Å². The van der Waals surface area contributed by atoms with Crippen LogP contribution in [0.1, 0.15) is 25.7 Å². The van der Waals surface area contributed by atoms with E-state index in [9.17, 15) is 4.79 Å². The van der Waals surface area contributed by atoms with Crippen molar-refractivity contribution in [3.05, 3.63) is 34.6 Å². The Hall–Kier alpha value is -1.77. The second-order valence-electron chi connectivity index (χ2n) is 6.93. The van der Waals surface area contributed by atoms with Gasteiger partial charge in [0, 0.05) is 29.1 Å². The number of nitrogens with one attached hydrogen (secondary N) is 1. The van der Waals surface area contributed by atoms with Gasteiger partial charge in [0.25, 0.3) is 0 Å². The minimum absolute atomic E-state index is 0.0379. The van der Waals surface area contributed by atoms with Gasteiger partial charge in [0.05, 0.1) is 13.2 Å². The molecule has 2 aromatic rings. The number of carbonyl (C=O) groups excluding carboxylic acids is 1. The van der Waals surface area contributed by atoms with Crippen LogP contribution in [0.3, 0.4) is 0 Å². The molecule has 1 N–H and O–H groups in total. The van der Waals surface area contributed by atoms with Crippen molar-refractivity contribution in [2.24, 2.45) is 5.92 Å². The molecule has 1 fully saturated rings. The fourth-order valence-corrected chi connectivity index (χ4v) is 3.50. The Morgan fingerprint density at radius 3 is 2.74 bits per heavy atom. The molecule has 2 heterocycles. The van der Waals surface area contributed by atoms with Gasteiger partial charge in [-0.05, 0) is 57.1 Å². The molecule has 1 unspecified atom stereocenters. The van der Waals surface area contributed by atoms with Crippen molar-refractivity contribution in [3.63, 3.8) is 0 Å². The third-order valence-corrected chi connectivity index (χ3v) is 5.22. The molecule has 3 rings (SSSR count). The maximum Gasteiger partial charge on any atom is 0.241 e. The summed E-state index contributed by atoms with van der Waals surface area (Å²) < 4.78 is 11.5. The van der Waals surface area contributed by atoms with E-state index in [2.05, 4.69) is 36.3 Å². The maximum atomic E-state index is 12.3. The molecule has 0 bridgehead atoms. The van der Waals surface area contributed by atoms with Crippen molar-refractivity contribution in [2.75, 3.05) is 26.8 Å². The van der Waals surface area contributed by atoms with E-state index in [1.165, 1.54) is 0 Å². The molecule has 27 heavy (non-hydrogen) atoms. The van der Waals surface area contributed by atoms with E-state index in [4.69, 9.17) is 9.26 Å². The Kier molecular flexibility index (Phi) is 6.98. The van der Waals surface area contributed by atoms with Crippen LogP contribution in [-0.4, -0.2) is 53.8 Å². The highest BCUT2D eigenvalue weighted by Gasteiger charge is 2.26. The lowest BCUT2D eigenvalue weighted by molar-refractivity contribution is -0.127. The smallest absolute Gasteiger partial charge is 0.241 e. The third-order valence-electron chi connectivity index (χ3n) is 4.69. The Morgan fingerprint density at radius 1 is 1.37 bits per heavy atom. The number of hydrogen-bond acceptors (Lipinski definition) is 6. The summed E-state index contributed by atoms with van der Waals surface area (Å²) in [6, 6.07) is 7.85. The van der Waals surface area contributed by atoms with Crippen LogP contribution in [0.15, 0.2) is 33.3 Å². The first kappa shape index (κ1) is 20.0. The van der Waals surface area contributed by atoms with Crippen LogP contribution >= 0.6 is 15.9 Å². The lowest BCUT2D eigenvalue weighted by Crippen LogP contribution is -2.44. The first-order valence-corrected chi connectivity index (χ1v) is 9.94. The molecule has 0 aliphatic carbocycles. The van der Waals surface area contributed by atoms with Crippen molar-refractivity contribution in [3.8, 4) is 11.4 Å². The second kappa shape index (κ2) is 9.43. The number of methoxy groups -OCH3 is 1. The Morgan fingerprint density at radius 2 is 2.07 bits per heavy atom. The summed E-state index contributed by atoms with van der Waals surface area (Å²) in [5.74, 6) is 1.37. The number of nitrogens with zero attached hydrogens (tertiary/aromatic N) is 3. The Balaban J connectivity index is 1.48. The van der Waals surface area contributed by atoms with Crippen LogP contribution in [-0.2, 0) is 16.1 Å². The van der Waals surface area contributed by atoms with Gasteiger partial charge in [0.2, 0.25) is 17.6 Å². The first-order valence-electron chi connectivity index (χ1n) is 9.15. The number of ether oxygens (including phenoxy) is 1. The van der Waals surface area contributed by atoms with Gasteiger partial charge in [0.1, 0.15) is 0 Å². The number of carbonyl (C=O) groups is 1. The average Bonchev–Trinajstić information content (AvgIpc) is 3.11. The van der Waals surface area contributed by atoms with E-state index in [1.54, 1.807) is 7.11 Å². The molecule has 1 aliphatic heterocycles. The van der Waals surface area contributed by atoms with E-state index in [1.807, 2.05) is 31.2 Å². The molecular weight excluding hydrogens is 412 g/mol. The molecule has 8 heteroatoms. The molecule has 1 aromatic carbocycles. The molecule has 0 spiro atoms. The SMILES string of the molecule is COCC(C)NC(=O)C1CCN(Cc2nc(-c3ccc(Br)cc3)no2)CC1. The number of amides is 1. The van der Waals surface area contributed by atoms with Gasteiger partial charge < -0.3 is 14.6 Å². The zero-order valence-corrected chi connectivity index (χ0v) is 17.2. The monoisotopic (exact) mass is 436 g/mol. The molecule has 1 aliphatic rings. The second-order valence-corrected chi connectivity index (χ2v) is 7.85. The van der Waals surface area contributed by atoms with Crippen LogP contribution in [0.25, 0.3) is 11.4 Å². The molecule has 1 aromatic heterocycles. The summed E-state index contributed by atoms with van der Waals surface area (Å²) in [6.45, 7) is 4.77. The lowest BCUT2D eigenvalue weighted by Gasteiger charge is -2.30. The molecule has 7 nitrogen and oxygen atoms in total.